The highest BCUT2D eigenvalue weighted by atomic mass is 79.9. The summed E-state index contributed by atoms with van der Waals surface area (Å²) in [6.07, 6.45) is 3.08. The number of aryl methyl sites for hydroxylation is 1. The third-order valence-electron chi connectivity index (χ3n) is 3.82. The van der Waals surface area contributed by atoms with Crippen molar-refractivity contribution in [1.82, 2.24) is 4.98 Å². The second-order valence-corrected chi connectivity index (χ2v) is 7.81. The van der Waals surface area contributed by atoms with E-state index in [0.717, 1.165) is 16.0 Å². The maximum atomic E-state index is 12.7. The van der Waals surface area contributed by atoms with Crippen LogP contribution in [0.25, 0.3) is 11.1 Å². The van der Waals surface area contributed by atoms with Crippen LogP contribution in [0.1, 0.15) is 32.5 Å². The van der Waals surface area contributed by atoms with Crippen molar-refractivity contribution in [2.75, 3.05) is 11.9 Å². The molecule has 2 heterocycles. The number of aromatic nitrogens is 1. The number of carbonyl (C=O) groups is 2. The number of hydrogen-bond acceptors (Lipinski definition) is 5. The van der Waals surface area contributed by atoms with Gasteiger partial charge in [0.1, 0.15) is 10.6 Å². The van der Waals surface area contributed by atoms with Crippen LogP contribution in [0.2, 0.25) is 0 Å². The number of ether oxygens (including phenoxy) is 1. The van der Waals surface area contributed by atoms with Crippen molar-refractivity contribution in [3.05, 3.63) is 69.3 Å². The predicted octanol–water partition coefficient (Wildman–Crippen LogP) is 5.31. The van der Waals surface area contributed by atoms with Gasteiger partial charge >= 0.3 is 5.97 Å². The Labute approximate surface area is 169 Å². The van der Waals surface area contributed by atoms with E-state index in [1.165, 1.54) is 17.5 Å². The Morgan fingerprint density at radius 3 is 2.63 bits per heavy atom. The number of halogens is 1. The minimum atomic E-state index is -0.455. The molecule has 3 rings (SSSR count). The Bertz CT molecular complexity index is 986. The van der Waals surface area contributed by atoms with E-state index in [1.54, 1.807) is 19.2 Å². The van der Waals surface area contributed by atoms with Crippen LogP contribution in [0, 0.1) is 6.92 Å². The number of anilines is 1. The van der Waals surface area contributed by atoms with Gasteiger partial charge in [-0.3, -0.25) is 9.78 Å². The molecule has 2 aromatic heterocycles. The summed E-state index contributed by atoms with van der Waals surface area (Å²) in [6.45, 7) is 3.93. The third kappa shape index (κ3) is 4.26. The summed E-state index contributed by atoms with van der Waals surface area (Å²) in [6, 6.07) is 11.3. The minimum absolute atomic E-state index is 0.255. The molecule has 0 fully saturated rings. The summed E-state index contributed by atoms with van der Waals surface area (Å²) in [5, 5.41) is 3.31. The monoisotopic (exact) mass is 444 g/mol. The fourth-order valence-electron chi connectivity index (χ4n) is 2.69. The van der Waals surface area contributed by atoms with Gasteiger partial charge in [-0.1, -0.05) is 30.3 Å². The fraction of sp³-hybridized carbons (Fsp3) is 0.150. The molecular weight excluding hydrogens is 428 g/mol. The molecule has 138 valence electrons. The molecule has 0 unspecified atom stereocenters. The van der Waals surface area contributed by atoms with Gasteiger partial charge in [-0.2, -0.15) is 0 Å². The molecular formula is C20H17BrN2O3S. The number of carbonyl (C=O) groups excluding carboxylic acids is 2. The van der Waals surface area contributed by atoms with Crippen LogP contribution < -0.4 is 5.32 Å². The van der Waals surface area contributed by atoms with Crippen molar-refractivity contribution in [3.63, 3.8) is 0 Å². The summed E-state index contributed by atoms with van der Waals surface area (Å²) in [7, 11) is 0. The fourth-order valence-corrected chi connectivity index (χ4v) is 4.12. The lowest BCUT2D eigenvalue weighted by Crippen LogP contribution is -2.15. The van der Waals surface area contributed by atoms with Crippen molar-refractivity contribution in [2.45, 2.75) is 13.8 Å². The van der Waals surface area contributed by atoms with Crippen LogP contribution in [0.5, 0.6) is 0 Å². The van der Waals surface area contributed by atoms with Crippen LogP contribution in [-0.2, 0) is 4.74 Å². The summed E-state index contributed by atoms with van der Waals surface area (Å²) >= 11 is 4.66. The summed E-state index contributed by atoms with van der Waals surface area (Å²) in [5.41, 5.74) is 2.45. The lowest BCUT2D eigenvalue weighted by Gasteiger charge is -2.09. The Balaban J connectivity index is 2.05. The van der Waals surface area contributed by atoms with Crippen LogP contribution in [0.4, 0.5) is 5.00 Å². The molecule has 0 saturated heterocycles. The van der Waals surface area contributed by atoms with E-state index in [2.05, 4.69) is 26.2 Å². The van der Waals surface area contributed by atoms with Crippen LogP contribution >= 0.6 is 27.3 Å². The van der Waals surface area contributed by atoms with Crippen LogP contribution in [0.15, 0.2) is 53.3 Å². The summed E-state index contributed by atoms with van der Waals surface area (Å²) in [4.78, 5) is 30.2. The average Bonchev–Trinajstić information content (AvgIpc) is 2.98. The van der Waals surface area contributed by atoms with E-state index in [4.69, 9.17) is 4.74 Å². The second kappa shape index (κ2) is 8.45. The molecule has 0 aliphatic heterocycles. The van der Waals surface area contributed by atoms with Gasteiger partial charge in [0.15, 0.2) is 0 Å². The number of pyridine rings is 1. The standard InChI is InChI=1S/C20H17BrN2O3S/c1-3-26-20(25)17-16(13-7-5-4-6-8-13)12(2)27-19(17)23-18(24)14-9-15(21)11-22-10-14/h4-11H,3H2,1-2H3,(H,23,24). The first-order chi connectivity index (χ1) is 13.0. The molecule has 0 aliphatic rings. The normalized spacial score (nSPS) is 10.5. The predicted molar refractivity (Wildman–Crippen MR) is 110 cm³/mol. The maximum Gasteiger partial charge on any atom is 0.341 e. The molecule has 0 spiro atoms. The number of benzene rings is 1. The molecule has 0 aliphatic carbocycles. The highest BCUT2D eigenvalue weighted by Crippen LogP contribution is 2.40. The molecule has 27 heavy (non-hydrogen) atoms. The number of rotatable bonds is 5. The van der Waals surface area contributed by atoms with Gasteiger partial charge in [-0.15, -0.1) is 11.3 Å². The number of nitrogens with zero attached hydrogens (tertiary/aromatic N) is 1. The van der Waals surface area contributed by atoms with E-state index in [-0.39, 0.29) is 12.5 Å². The van der Waals surface area contributed by atoms with Crippen molar-refractivity contribution in [2.24, 2.45) is 0 Å². The van der Waals surface area contributed by atoms with Gasteiger partial charge < -0.3 is 10.1 Å². The zero-order valence-electron chi connectivity index (χ0n) is 14.8. The Kier molecular flexibility index (Phi) is 6.03. The minimum Gasteiger partial charge on any atom is -0.462 e. The van der Waals surface area contributed by atoms with Crippen molar-refractivity contribution in [3.8, 4) is 11.1 Å². The number of amides is 1. The van der Waals surface area contributed by atoms with E-state index in [0.29, 0.717) is 20.6 Å². The molecule has 3 aromatic rings. The number of esters is 1. The molecule has 0 atom stereocenters. The molecule has 0 radical (unpaired) electrons. The lowest BCUT2D eigenvalue weighted by molar-refractivity contribution is 0.0529. The van der Waals surface area contributed by atoms with Crippen molar-refractivity contribution >= 4 is 44.1 Å². The highest BCUT2D eigenvalue weighted by Gasteiger charge is 2.25. The van der Waals surface area contributed by atoms with Gasteiger partial charge in [0.05, 0.1) is 12.2 Å². The SMILES string of the molecule is CCOC(=O)c1c(NC(=O)c2cncc(Br)c2)sc(C)c1-c1ccccc1. The van der Waals surface area contributed by atoms with Gasteiger partial charge in [-0.25, -0.2) is 4.79 Å². The van der Waals surface area contributed by atoms with E-state index in [1.807, 2.05) is 37.3 Å². The molecule has 0 saturated carbocycles. The largest absolute Gasteiger partial charge is 0.462 e. The summed E-state index contributed by atoms with van der Waals surface area (Å²) in [5.74, 6) is -0.793. The highest BCUT2D eigenvalue weighted by molar-refractivity contribution is 9.10. The van der Waals surface area contributed by atoms with Crippen LogP contribution in [0.3, 0.4) is 0 Å². The van der Waals surface area contributed by atoms with E-state index >= 15 is 0 Å². The molecule has 1 aromatic carbocycles. The van der Waals surface area contributed by atoms with Crippen molar-refractivity contribution in [1.29, 1.82) is 0 Å². The Morgan fingerprint density at radius 1 is 1.22 bits per heavy atom. The summed E-state index contributed by atoms with van der Waals surface area (Å²) < 4.78 is 5.95. The molecule has 5 nitrogen and oxygen atoms in total. The van der Waals surface area contributed by atoms with E-state index in [9.17, 15) is 9.59 Å². The quantitative estimate of drug-likeness (QED) is 0.541. The number of thiophene rings is 1. The van der Waals surface area contributed by atoms with Gasteiger partial charge in [0.25, 0.3) is 5.91 Å². The maximum absolute atomic E-state index is 12.7. The zero-order chi connectivity index (χ0) is 19.4. The molecule has 7 heteroatoms. The number of nitrogens with one attached hydrogen (secondary N) is 1. The topological polar surface area (TPSA) is 68.3 Å². The average molecular weight is 445 g/mol. The smallest absolute Gasteiger partial charge is 0.341 e. The first-order valence-electron chi connectivity index (χ1n) is 8.29. The van der Waals surface area contributed by atoms with Crippen LogP contribution in [-0.4, -0.2) is 23.5 Å². The second-order valence-electron chi connectivity index (χ2n) is 5.67. The molecule has 1 amide bonds. The number of hydrogen-bond donors (Lipinski definition) is 1. The van der Waals surface area contributed by atoms with E-state index < -0.39 is 5.97 Å². The zero-order valence-corrected chi connectivity index (χ0v) is 17.2. The first-order valence-corrected chi connectivity index (χ1v) is 9.90. The van der Waals surface area contributed by atoms with Crippen molar-refractivity contribution < 1.29 is 14.3 Å². The Morgan fingerprint density at radius 2 is 1.96 bits per heavy atom. The molecule has 1 N–H and O–H groups in total. The lowest BCUT2D eigenvalue weighted by atomic mass is 10.0. The Hall–Kier alpha value is -2.51. The van der Waals surface area contributed by atoms with Gasteiger partial charge in [-0.05, 0) is 41.4 Å². The van der Waals surface area contributed by atoms with Gasteiger partial charge in [0.2, 0.25) is 0 Å². The first kappa shape index (κ1) is 19.3. The molecule has 0 bridgehead atoms. The van der Waals surface area contributed by atoms with Gasteiger partial charge in [0, 0.05) is 27.3 Å². The third-order valence-corrected chi connectivity index (χ3v) is 5.27.